The number of halogens is 3. The molecule has 1 N–H and O–H groups in total. The predicted octanol–water partition coefficient (Wildman–Crippen LogP) is 3.06. The second-order valence-corrected chi connectivity index (χ2v) is 4.78. The van der Waals surface area contributed by atoms with Crippen LogP contribution in [-0.4, -0.2) is 27.6 Å². The first kappa shape index (κ1) is 20.2. The summed E-state index contributed by atoms with van der Waals surface area (Å²) < 4.78 is 2.22. The molecule has 3 heterocycles. The van der Waals surface area contributed by atoms with E-state index in [1.807, 2.05) is 24.5 Å². The molecular formula is C14H21Cl3N4. The number of hydrogen-bond acceptors (Lipinski definition) is 3. The number of nitrogens with one attached hydrogen (secondary N) is 1. The average molecular weight is 352 g/mol. The lowest BCUT2D eigenvalue weighted by Gasteiger charge is -2.23. The molecule has 7 heteroatoms. The maximum absolute atomic E-state index is 4.53. The molecule has 0 saturated carbocycles. The molecular weight excluding hydrogens is 331 g/mol. The molecule has 0 radical (unpaired) electrons. The Morgan fingerprint density at radius 3 is 2.67 bits per heavy atom. The quantitative estimate of drug-likeness (QED) is 0.924. The Hall–Kier alpha value is -0.810. The van der Waals surface area contributed by atoms with E-state index in [1.165, 1.54) is 18.7 Å². The molecule has 118 valence electrons. The molecule has 2 aromatic rings. The van der Waals surface area contributed by atoms with Crippen molar-refractivity contribution >= 4 is 37.2 Å². The number of pyridine rings is 1. The van der Waals surface area contributed by atoms with Crippen LogP contribution in [0.4, 0.5) is 0 Å². The smallest absolute Gasteiger partial charge is 0.113 e. The Kier molecular flexibility index (Phi) is 9.62. The van der Waals surface area contributed by atoms with Gasteiger partial charge in [0.15, 0.2) is 0 Å². The van der Waals surface area contributed by atoms with Crippen molar-refractivity contribution in [3.05, 3.63) is 48.3 Å². The number of hydrogen-bond donors (Lipinski definition) is 1. The molecule has 1 fully saturated rings. The first-order valence-electron chi connectivity index (χ1n) is 6.55. The lowest BCUT2D eigenvalue weighted by atomic mass is 9.99. The zero-order valence-corrected chi connectivity index (χ0v) is 14.1. The van der Waals surface area contributed by atoms with Crippen LogP contribution in [-0.2, 0) is 6.54 Å². The molecule has 1 unspecified atom stereocenters. The summed E-state index contributed by atoms with van der Waals surface area (Å²) in [4.78, 5) is 8.91. The van der Waals surface area contributed by atoms with Crippen LogP contribution in [0.1, 0.15) is 30.3 Å². The van der Waals surface area contributed by atoms with Gasteiger partial charge in [-0.3, -0.25) is 4.98 Å². The van der Waals surface area contributed by atoms with Gasteiger partial charge in [0.2, 0.25) is 0 Å². The fourth-order valence-electron chi connectivity index (χ4n) is 2.55. The van der Waals surface area contributed by atoms with E-state index in [4.69, 9.17) is 0 Å². The van der Waals surface area contributed by atoms with Crippen molar-refractivity contribution in [3.63, 3.8) is 0 Å². The van der Waals surface area contributed by atoms with Crippen LogP contribution in [0.15, 0.2) is 36.8 Å². The topological polar surface area (TPSA) is 42.7 Å². The summed E-state index contributed by atoms with van der Waals surface area (Å²) in [5.74, 6) is 1.73. The van der Waals surface area contributed by atoms with Gasteiger partial charge in [0.05, 0.1) is 12.2 Å². The van der Waals surface area contributed by atoms with Crippen molar-refractivity contribution in [2.24, 2.45) is 0 Å². The second kappa shape index (κ2) is 10.0. The van der Waals surface area contributed by atoms with Crippen LogP contribution >= 0.6 is 37.2 Å². The third-order valence-electron chi connectivity index (χ3n) is 3.47. The van der Waals surface area contributed by atoms with E-state index in [1.54, 1.807) is 0 Å². The summed E-state index contributed by atoms with van der Waals surface area (Å²) in [5, 5.41) is 3.45. The SMILES string of the molecule is Cl.Cl.Cl.c1ccc(Cn2ccnc2C2CCCNC2)nc1. The second-order valence-electron chi connectivity index (χ2n) is 4.78. The van der Waals surface area contributed by atoms with Gasteiger partial charge < -0.3 is 9.88 Å². The Labute approximate surface area is 144 Å². The summed E-state index contributed by atoms with van der Waals surface area (Å²) in [6.45, 7) is 2.99. The van der Waals surface area contributed by atoms with E-state index in [9.17, 15) is 0 Å². The molecule has 0 bridgehead atoms. The number of imidazole rings is 1. The standard InChI is InChI=1S/C14H18N4.3ClH/c1-2-7-16-13(5-1)11-18-9-8-17-14(18)12-4-3-6-15-10-12;;;/h1-2,5,7-9,12,15H,3-4,6,10-11H2;3*1H. The summed E-state index contributed by atoms with van der Waals surface area (Å²) in [7, 11) is 0. The minimum absolute atomic E-state index is 0. The van der Waals surface area contributed by atoms with E-state index in [0.29, 0.717) is 5.92 Å². The van der Waals surface area contributed by atoms with Crippen molar-refractivity contribution < 1.29 is 0 Å². The molecule has 1 aliphatic rings. The zero-order valence-electron chi connectivity index (χ0n) is 11.6. The fourth-order valence-corrected chi connectivity index (χ4v) is 2.55. The van der Waals surface area contributed by atoms with E-state index < -0.39 is 0 Å². The minimum Gasteiger partial charge on any atom is -0.329 e. The summed E-state index contributed by atoms with van der Waals surface area (Å²) in [6.07, 6.45) is 8.26. The molecule has 1 aliphatic heterocycles. The zero-order chi connectivity index (χ0) is 12.2. The molecule has 3 rings (SSSR count). The van der Waals surface area contributed by atoms with Crippen molar-refractivity contribution in [2.45, 2.75) is 25.3 Å². The molecule has 1 atom stereocenters. The van der Waals surface area contributed by atoms with Gasteiger partial charge in [-0.05, 0) is 31.5 Å². The lowest BCUT2D eigenvalue weighted by molar-refractivity contribution is 0.435. The molecule has 0 aromatic carbocycles. The van der Waals surface area contributed by atoms with Gasteiger partial charge in [-0.1, -0.05) is 6.07 Å². The molecule has 2 aromatic heterocycles. The average Bonchev–Trinajstić information content (AvgIpc) is 2.89. The van der Waals surface area contributed by atoms with Crippen molar-refractivity contribution in [3.8, 4) is 0 Å². The highest BCUT2D eigenvalue weighted by Gasteiger charge is 2.19. The lowest BCUT2D eigenvalue weighted by Crippen LogP contribution is -2.30. The van der Waals surface area contributed by atoms with Crippen LogP contribution in [0.25, 0.3) is 0 Å². The van der Waals surface area contributed by atoms with E-state index >= 15 is 0 Å². The van der Waals surface area contributed by atoms with Crippen LogP contribution in [0.2, 0.25) is 0 Å². The predicted molar refractivity (Wildman–Crippen MR) is 92.2 cm³/mol. The molecule has 0 spiro atoms. The molecule has 4 nitrogen and oxygen atoms in total. The Morgan fingerprint density at radius 1 is 1.14 bits per heavy atom. The first-order chi connectivity index (χ1) is 8.93. The third kappa shape index (κ3) is 5.15. The summed E-state index contributed by atoms with van der Waals surface area (Å²) in [6, 6.07) is 6.04. The van der Waals surface area contributed by atoms with Gasteiger partial charge in [0.25, 0.3) is 0 Å². The normalized spacial score (nSPS) is 17.0. The van der Waals surface area contributed by atoms with Gasteiger partial charge in [-0.25, -0.2) is 4.98 Å². The molecule has 0 amide bonds. The molecule has 1 saturated heterocycles. The van der Waals surface area contributed by atoms with Crippen molar-refractivity contribution in [1.29, 1.82) is 0 Å². The molecule has 21 heavy (non-hydrogen) atoms. The Bertz CT molecular complexity index is 498. The first-order valence-corrected chi connectivity index (χ1v) is 6.55. The largest absolute Gasteiger partial charge is 0.329 e. The number of piperidine rings is 1. The number of rotatable bonds is 3. The Balaban J connectivity index is 0.00000133. The number of aromatic nitrogens is 3. The fraction of sp³-hybridized carbons (Fsp3) is 0.429. The van der Waals surface area contributed by atoms with Gasteiger partial charge in [-0.15, -0.1) is 37.2 Å². The van der Waals surface area contributed by atoms with Gasteiger partial charge in [-0.2, -0.15) is 0 Å². The highest BCUT2D eigenvalue weighted by atomic mass is 35.5. The van der Waals surface area contributed by atoms with Gasteiger partial charge in [0, 0.05) is 31.1 Å². The van der Waals surface area contributed by atoms with Gasteiger partial charge >= 0.3 is 0 Å². The van der Waals surface area contributed by atoms with Gasteiger partial charge in [0.1, 0.15) is 5.82 Å². The maximum Gasteiger partial charge on any atom is 0.113 e. The molecule has 0 aliphatic carbocycles. The van der Waals surface area contributed by atoms with Crippen LogP contribution in [0, 0.1) is 0 Å². The highest BCUT2D eigenvalue weighted by molar-refractivity contribution is 5.86. The van der Waals surface area contributed by atoms with Crippen LogP contribution in [0.3, 0.4) is 0 Å². The summed E-state index contributed by atoms with van der Waals surface area (Å²) in [5.41, 5.74) is 1.08. The van der Waals surface area contributed by atoms with Crippen molar-refractivity contribution in [1.82, 2.24) is 19.9 Å². The van der Waals surface area contributed by atoms with Crippen LogP contribution < -0.4 is 5.32 Å². The minimum atomic E-state index is 0. The van der Waals surface area contributed by atoms with E-state index in [-0.39, 0.29) is 37.2 Å². The highest BCUT2D eigenvalue weighted by Crippen LogP contribution is 2.22. The maximum atomic E-state index is 4.53. The third-order valence-corrected chi connectivity index (χ3v) is 3.47. The Morgan fingerprint density at radius 2 is 2.00 bits per heavy atom. The monoisotopic (exact) mass is 350 g/mol. The number of nitrogens with zero attached hydrogens (tertiary/aromatic N) is 3. The van der Waals surface area contributed by atoms with Crippen LogP contribution in [0.5, 0.6) is 0 Å². The summed E-state index contributed by atoms with van der Waals surface area (Å²) >= 11 is 0. The van der Waals surface area contributed by atoms with E-state index in [2.05, 4.69) is 32.1 Å². The van der Waals surface area contributed by atoms with Crippen molar-refractivity contribution in [2.75, 3.05) is 13.1 Å². The van der Waals surface area contributed by atoms with E-state index in [0.717, 1.165) is 25.3 Å².